The smallest absolute Gasteiger partial charge is 0.0701 e. The largest absolute Gasteiger partial charge is 0.394 e. The molecule has 0 radical (unpaired) electrons. The summed E-state index contributed by atoms with van der Waals surface area (Å²) in [4.78, 5) is 0. The number of unbranched alkanes of at least 4 members (excludes halogenated alkanes) is 2. The van der Waals surface area contributed by atoms with E-state index in [1.54, 1.807) is 0 Å². The van der Waals surface area contributed by atoms with E-state index in [-0.39, 0.29) is 19.8 Å². The highest BCUT2D eigenvalue weighted by molar-refractivity contribution is 4.33. The maximum atomic E-state index is 8.34. The summed E-state index contributed by atoms with van der Waals surface area (Å²) in [5, 5.41) is 24.8. The molecule has 28 heavy (non-hydrogen) atoms. The van der Waals surface area contributed by atoms with Gasteiger partial charge in [0.25, 0.3) is 0 Å². The van der Waals surface area contributed by atoms with Gasteiger partial charge in [0.2, 0.25) is 0 Å². The highest BCUT2D eigenvalue weighted by atomic mass is 16.5. The lowest BCUT2D eigenvalue weighted by Crippen LogP contribution is -2.07. The summed E-state index contributed by atoms with van der Waals surface area (Å²) in [7, 11) is 0. The van der Waals surface area contributed by atoms with Crippen molar-refractivity contribution in [3.63, 3.8) is 0 Å². The molecule has 0 aromatic carbocycles. The van der Waals surface area contributed by atoms with E-state index in [1.807, 2.05) is 6.92 Å². The summed E-state index contributed by atoms with van der Waals surface area (Å²) >= 11 is 0. The van der Waals surface area contributed by atoms with Gasteiger partial charge in [-0.15, -0.1) is 0 Å². The summed E-state index contributed by atoms with van der Waals surface area (Å²) in [5.74, 6) is 0. The number of hydrogen-bond donors (Lipinski definition) is 3. The Balaban J connectivity index is -0.000000340. The van der Waals surface area contributed by atoms with Crippen LogP contribution >= 0.6 is 0 Å². The number of rotatable bonds is 19. The predicted octanol–water partition coefficient (Wildman–Crippen LogP) is 1.64. The molecule has 0 saturated carbocycles. The molecular weight excluding hydrogens is 368 g/mol. The fourth-order valence-electron chi connectivity index (χ4n) is 1.47. The average Bonchev–Trinajstić information content (AvgIpc) is 2.72. The van der Waals surface area contributed by atoms with E-state index in [9.17, 15) is 0 Å². The van der Waals surface area contributed by atoms with Crippen LogP contribution in [0, 0.1) is 0 Å². The molecule has 0 aliphatic carbocycles. The quantitative estimate of drug-likeness (QED) is 0.274. The van der Waals surface area contributed by atoms with Crippen LogP contribution in [0.3, 0.4) is 0 Å². The first kappa shape index (κ1) is 32.3. The van der Waals surface area contributed by atoms with Gasteiger partial charge in [-0.1, -0.05) is 26.7 Å². The summed E-state index contributed by atoms with van der Waals surface area (Å²) in [5.41, 5.74) is 0. The van der Waals surface area contributed by atoms with Gasteiger partial charge in [0, 0.05) is 19.8 Å². The maximum absolute atomic E-state index is 8.34. The molecule has 0 saturated heterocycles. The Morgan fingerprint density at radius 1 is 0.429 bits per heavy atom. The van der Waals surface area contributed by atoms with Gasteiger partial charge in [-0.25, -0.2) is 0 Å². The third-order valence-electron chi connectivity index (χ3n) is 2.94. The van der Waals surface area contributed by atoms with E-state index in [0.717, 1.165) is 45.5 Å². The van der Waals surface area contributed by atoms with Gasteiger partial charge in [-0.05, 0) is 19.8 Å². The van der Waals surface area contributed by atoms with E-state index in [0.29, 0.717) is 46.2 Å². The van der Waals surface area contributed by atoms with Crippen LogP contribution in [-0.2, 0) is 23.7 Å². The molecule has 0 aliphatic rings. The van der Waals surface area contributed by atoms with Crippen molar-refractivity contribution in [3.8, 4) is 0 Å². The molecule has 0 atom stereocenters. The van der Waals surface area contributed by atoms with E-state index >= 15 is 0 Å². The van der Waals surface area contributed by atoms with Crippen LogP contribution in [0.1, 0.15) is 46.5 Å². The second-order valence-electron chi connectivity index (χ2n) is 5.52. The Kier molecular flexibility index (Phi) is 43.2. The first-order valence-electron chi connectivity index (χ1n) is 10.5. The summed E-state index contributed by atoms with van der Waals surface area (Å²) < 4.78 is 25.1. The normalized spacial score (nSPS) is 10.1. The molecule has 0 aromatic heterocycles. The first-order valence-corrected chi connectivity index (χ1v) is 10.5. The van der Waals surface area contributed by atoms with Crippen molar-refractivity contribution in [1.82, 2.24) is 0 Å². The molecule has 0 bridgehead atoms. The molecule has 0 amide bonds. The van der Waals surface area contributed by atoms with Gasteiger partial charge >= 0.3 is 0 Å². The standard InChI is InChI=1S/C8H18O3.C6H14O3.C6H14O2/c1-2-3-5-10-7-8-11-6-4-9;1-2-8-5-6-9-4-3-7;1-2-3-5-8-6-4-7/h9H,2-8H2,1H3;7H,2-6H2,1H3;7H,2-6H2,1H3. The second-order valence-corrected chi connectivity index (χ2v) is 5.52. The third kappa shape index (κ3) is 44.8. The van der Waals surface area contributed by atoms with Crippen molar-refractivity contribution >= 4 is 0 Å². The number of aliphatic hydroxyl groups excluding tert-OH is 3. The van der Waals surface area contributed by atoms with E-state index in [1.165, 1.54) is 0 Å². The molecule has 0 unspecified atom stereocenters. The molecule has 0 spiro atoms. The Labute approximate surface area is 172 Å². The summed E-state index contributed by atoms with van der Waals surface area (Å²) in [6, 6.07) is 0. The van der Waals surface area contributed by atoms with Gasteiger partial charge in [0.05, 0.1) is 66.1 Å². The van der Waals surface area contributed by atoms with Gasteiger partial charge in [0.15, 0.2) is 0 Å². The Hall–Kier alpha value is -0.320. The van der Waals surface area contributed by atoms with E-state index in [2.05, 4.69) is 13.8 Å². The molecule has 0 rings (SSSR count). The van der Waals surface area contributed by atoms with Crippen LogP contribution in [-0.4, -0.2) is 101 Å². The number of aliphatic hydroxyl groups is 3. The van der Waals surface area contributed by atoms with E-state index < -0.39 is 0 Å². The van der Waals surface area contributed by atoms with Crippen molar-refractivity contribution in [2.45, 2.75) is 46.5 Å². The van der Waals surface area contributed by atoms with Crippen LogP contribution in [0.4, 0.5) is 0 Å². The van der Waals surface area contributed by atoms with Crippen LogP contribution < -0.4 is 0 Å². The van der Waals surface area contributed by atoms with Crippen LogP contribution in [0.2, 0.25) is 0 Å². The molecule has 174 valence electrons. The Morgan fingerprint density at radius 2 is 0.750 bits per heavy atom. The third-order valence-corrected chi connectivity index (χ3v) is 2.94. The molecular formula is C20H46O8. The predicted molar refractivity (Wildman–Crippen MR) is 111 cm³/mol. The van der Waals surface area contributed by atoms with Crippen molar-refractivity contribution in [2.24, 2.45) is 0 Å². The van der Waals surface area contributed by atoms with Crippen molar-refractivity contribution in [3.05, 3.63) is 0 Å². The zero-order valence-electron chi connectivity index (χ0n) is 18.4. The fourth-order valence-corrected chi connectivity index (χ4v) is 1.47. The van der Waals surface area contributed by atoms with Crippen LogP contribution in [0.5, 0.6) is 0 Å². The zero-order chi connectivity index (χ0) is 21.6. The van der Waals surface area contributed by atoms with Crippen molar-refractivity contribution in [2.75, 3.05) is 85.9 Å². The monoisotopic (exact) mass is 414 g/mol. The first-order chi connectivity index (χ1) is 13.7. The topological polar surface area (TPSA) is 107 Å². The van der Waals surface area contributed by atoms with Crippen molar-refractivity contribution < 1.29 is 39.0 Å². The molecule has 3 N–H and O–H groups in total. The lowest BCUT2D eigenvalue weighted by atomic mass is 10.4. The molecule has 8 nitrogen and oxygen atoms in total. The molecule has 0 aromatic rings. The van der Waals surface area contributed by atoms with E-state index in [4.69, 9.17) is 39.0 Å². The van der Waals surface area contributed by atoms with Gasteiger partial charge in [-0.3, -0.25) is 0 Å². The van der Waals surface area contributed by atoms with Gasteiger partial charge < -0.3 is 39.0 Å². The number of ether oxygens (including phenoxy) is 5. The molecule has 0 heterocycles. The SMILES string of the molecule is CCCCOCCO.CCCCOCCOCCO.CCOCCOCCO. The minimum atomic E-state index is 0.0894. The highest BCUT2D eigenvalue weighted by Gasteiger charge is 1.88. The lowest BCUT2D eigenvalue weighted by molar-refractivity contribution is 0.0324. The van der Waals surface area contributed by atoms with Gasteiger partial charge in [-0.2, -0.15) is 0 Å². The number of hydrogen-bond acceptors (Lipinski definition) is 8. The molecule has 0 aliphatic heterocycles. The molecule has 0 fully saturated rings. The highest BCUT2D eigenvalue weighted by Crippen LogP contribution is 1.87. The Bertz CT molecular complexity index is 200. The van der Waals surface area contributed by atoms with Gasteiger partial charge in [0.1, 0.15) is 0 Å². The fraction of sp³-hybridized carbons (Fsp3) is 1.00. The zero-order valence-corrected chi connectivity index (χ0v) is 18.4. The summed E-state index contributed by atoms with van der Waals surface area (Å²) in [6.45, 7) is 12.6. The van der Waals surface area contributed by atoms with Crippen LogP contribution in [0.15, 0.2) is 0 Å². The maximum Gasteiger partial charge on any atom is 0.0701 e. The van der Waals surface area contributed by atoms with Crippen LogP contribution in [0.25, 0.3) is 0 Å². The second kappa shape index (κ2) is 37.4. The lowest BCUT2D eigenvalue weighted by Gasteiger charge is -2.02. The van der Waals surface area contributed by atoms with Crippen molar-refractivity contribution in [1.29, 1.82) is 0 Å². The summed E-state index contributed by atoms with van der Waals surface area (Å²) in [6.07, 6.45) is 4.53. The molecule has 8 heteroatoms. The average molecular weight is 415 g/mol. The minimum absolute atomic E-state index is 0.0894. The Morgan fingerprint density at radius 3 is 1.07 bits per heavy atom. The minimum Gasteiger partial charge on any atom is -0.394 e.